The number of likely N-dealkylation sites (N-methyl/N-ethyl adjacent to an activating group) is 1. The summed E-state index contributed by atoms with van der Waals surface area (Å²) >= 11 is 0. The van der Waals surface area contributed by atoms with Crippen LogP contribution in [0, 0.1) is 11.3 Å². The van der Waals surface area contributed by atoms with Crippen LogP contribution in [-0.4, -0.2) is 49.8 Å². The second-order valence-corrected chi connectivity index (χ2v) is 4.15. The maximum absolute atomic E-state index is 9.16. The molecule has 0 aliphatic carbocycles. The average molecular weight is 227 g/mol. The summed E-state index contributed by atoms with van der Waals surface area (Å²) in [7, 11) is 1.63. The van der Waals surface area contributed by atoms with Gasteiger partial charge >= 0.3 is 0 Å². The van der Waals surface area contributed by atoms with Gasteiger partial charge in [0.2, 0.25) is 0 Å². The van der Waals surface area contributed by atoms with E-state index in [1.807, 2.05) is 13.8 Å². The molecule has 0 aliphatic rings. The van der Waals surface area contributed by atoms with E-state index in [4.69, 9.17) is 10.00 Å². The van der Waals surface area contributed by atoms with Gasteiger partial charge in [-0.15, -0.1) is 0 Å². The normalized spacial score (nSPS) is 16.8. The molecule has 4 nitrogen and oxygen atoms in total. The van der Waals surface area contributed by atoms with Crippen LogP contribution in [0.3, 0.4) is 0 Å². The Labute approximate surface area is 99.6 Å². The number of hydrogen-bond acceptors (Lipinski definition) is 4. The third-order valence-electron chi connectivity index (χ3n) is 3.21. The van der Waals surface area contributed by atoms with E-state index in [1.165, 1.54) is 0 Å². The molecule has 16 heavy (non-hydrogen) atoms. The molecule has 94 valence electrons. The number of methoxy groups -OCH3 is 1. The Hall–Kier alpha value is -0.630. The Morgan fingerprint density at radius 2 is 2.00 bits per heavy atom. The van der Waals surface area contributed by atoms with Crippen molar-refractivity contribution in [3.8, 4) is 6.07 Å². The molecule has 0 aromatic rings. The molecule has 2 unspecified atom stereocenters. The molecular weight excluding hydrogens is 202 g/mol. The van der Waals surface area contributed by atoms with Crippen LogP contribution in [0.2, 0.25) is 0 Å². The van der Waals surface area contributed by atoms with E-state index in [0.29, 0.717) is 0 Å². The van der Waals surface area contributed by atoms with Gasteiger partial charge in [0.1, 0.15) is 5.54 Å². The molecule has 0 bridgehead atoms. The summed E-state index contributed by atoms with van der Waals surface area (Å²) in [5, 5.41) is 12.4. The summed E-state index contributed by atoms with van der Waals surface area (Å²) in [6, 6.07) is 2.28. The quantitative estimate of drug-likeness (QED) is 0.677. The topological polar surface area (TPSA) is 48.3 Å². The van der Waals surface area contributed by atoms with E-state index in [2.05, 4.69) is 30.1 Å². The van der Waals surface area contributed by atoms with Crippen LogP contribution in [0.4, 0.5) is 0 Å². The van der Waals surface area contributed by atoms with Crippen LogP contribution in [0.15, 0.2) is 0 Å². The van der Waals surface area contributed by atoms with Crippen molar-refractivity contribution in [3.63, 3.8) is 0 Å². The van der Waals surface area contributed by atoms with Gasteiger partial charge in [-0.3, -0.25) is 5.32 Å². The first kappa shape index (κ1) is 15.4. The minimum absolute atomic E-state index is 0.116. The molecule has 0 rings (SSSR count). The fourth-order valence-corrected chi connectivity index (χ4v) is 1.52. The van der Waals surface area contributed by atoms with E-state index >= 15 is 0 Å². The number of nitrogens with one attached hydrogen (secondary N) is 1. The van der Waals surface area contributed by atoms with Crippen molar-refractivity contribution in [1.82, 2.24) is 10.2 Å². The third-order valence-corrected chi connectivity index (χ3v) is 3.21. The van der Waals surface area contributed by atoms with E-state index in [0.717, 1.165) is 26.2 Å². The van der Waals surface area contributed by atoms with Crippen LogP contribution in [0.5, 0.6) is 0 Å². The molecular formula is C12H25N3O. The van der Waals surface area contributed by atoms with Gasteiger partial charge in [0.15, 0.2) is 0 Å². The standard InChI is InChI=1S/C12H25N3O/c1-6-15(7-2)9-8-14-12(4,10-13)11(3)16-5/h11,14H,6-9H2,1-5H3. The minimum Gasteiger partial charge on any atom is -0.379 e. The highest BCUT2D eigenvalue weighted by Crippen LogP contribution is 2.11. The number of ether oxygens (including phenoxy) is 1. The number of rotatable bonds is 8. The fourth-order valence-electron chi connectivity index (χ4n) is 1.52. The van der Waals surface area contributed by atoms with Crippen LogP contribution >= 0.6 is 0 Å². The van der Waals surface area contributed by atoms with Crippen LogP contribution in [0.1, 0.15) is 27.7 Å². The molecule has 0 aromatic heterocycles. The summed E-state index contributed by atoms with van der Waals surface area (Å²) in [6.07, 6.45) is -0.116. The van der Waals surface area contributed by atoms with Crippen molar-refractivity contribution in [2.24, 2.45) is 0 Å². The van der Waals surface area contributed by atoms with E-state index < -0.39 is 5.54 Å². The molecule has 0 heterocycles. The number of nitriles is 1. The molecule has 0 amide bonds. The smallest absolute Gasteiger partial charge is 0.130 e. The van der Waals surface area contributed by atoms with Crippen molar-refractivity contribution < 1.29 is 4.74 Å². The number of nitrogens with zero attached hydrogens (tertiary/aromatic N) is 2. The maximum atomic E-state index is 9.16. The van der Waals surface area contributed by atoms with Gasteiger partial charge in [0.25, 0.3) is 0 Å². The molecule has 2 atom stereocenters. The lowest BCUT2D eigenvalue weighted by atomic mass is 9.98. The first-order valence-corrected chi connectivity index (χ1v) is 5.95. The predicted molar refractivity (Wildman–Crippen MR) is 66.3 cm³/mol. The molecule has 0 fully saturated rings. The van der Waals surface area contributed by atoms with Crippen molar-refractivity contribution in [2.75, 3.05) is 33.3 Å². The molecule has 1 N–H and O–H groups in total. The zero-order chi connectivity index (χ0) is 12.6. The molecule has 0 radical (unpaired) electrons. The zero-order valence-corrected chi connectivity index (χ0v) is 11.2. The molecule has 0 saturated carbocycles. The second-order valence-electron chi connectivity index (χ2n) is 4.15. The summed E-state index contributed by atoms with van der Waals surface area (Å²) < 4.78 is 5.22. The minimum atomic E-state index is -0.609. The van der Waals surface area contributed by atoms with E-state index in [1.54, 1.807) is 7.11 Å². The Morgan fingerprint density at radius 3 is 2.38 bits per heavy atom. The second kappa shape index (κ2) is 7.61. The fraction of sp³-hybridized carbons (Fsp3) is 0.917. The maximum Gasteiger partial charge on any atom is 0.130 e. The zero-order valence-electron chi connectivity index (χ0n) is 11.2. The lowest BCUT2D eigenvalue weighted by molar-refractivity contribution is 0.0615. The van der Waals surface area contributed by atoms with Crippen molar-refractivity contribution >= 4 is 0 Å². The molecule has 0 aliphatic heterocycles. The molecule has 0 aromatic carbocycles. The van der Waals surface area contributed by atoms with Gasteiger partial charge in [-0.1, -0.05) is 13.8 Å². The highest BCUT2D eigenvalue weighted by atomic mass is 16.5. The van der Waals surface area contributed by atoms with E-state index in [9.17, 15) is 0 Å². The summed E-state index contributed by atoms with van der Waals surface area (Å²) in [4.78, 5) is 2.32. The Morgan fingerprint density at radius 1 is 1.44 bits per heavy atom. The van der Waals surface area contributed by atoms with Crippen molar-refractivity contribution in [2.45, 2.75) is 39.3 Å². The molecule has 0 spiro atoms. The Balaban J connectivity index is 4.11. The first-order chi connectivity index (χ1) is 7.53. The van der Waals surface area contributed by atoms with Gasteiger partial charge in [0.05, 0.1) is 12.2 Å². The highest BCUT2D eigenvalue weighted by molar-refractivity contribution is 5.08. The molecule has 0 saturated heterocycles. The van der Waals surface area contributed by atoms with Crippen LogP contribution < -0.4 is 5.32 Å². The summed E-state index contributed by atoms with van der Waals surface area (Å²) in [5.74, 6) is 0. The van der Waals surface area contributed by atoms with Gasteiger partial charge in [-0.05, 0) is 26.9 Å². The monoisotopic (exact) mass is 227 g/mol. The Bertz CT molecular complexity index is 223. The lowest BCUT2D eigenvalue weighted by Gasteiger charge is -2.30. The predicted octanol–water partition coefficient (Wildman–Crippen LogP) is 1.23. The highest BCUT2D eigenvalue weighted by Gasteiger charge is 2.30. The van der Waals surface area contributed by atoms with Crippen molar-refractivity contribution in [1.29, 1.82) is 5.26 Å². The lowest BCUT2D eigenvalue weighted by Crippen LogP contribution is -2.52. The van der Waals surface area contributed by atoms with Gasteiger partial charge in [-0.25, -0.2) is 0 Å². The van der Waals surface area contributed by atoms with Crippen LogP contribution in [0.25, 0.3) is 0 Å². The summed E-state index contributed by atoms with van der Waals surface area (Å²) in [6.45, 7) is 11.9. The summed E-state index contributed by atoms with van der Waals surface area (Å²) in [5.41, 5.74) is -0.609. The largest absolute Gasteiger partial charge is 0.379 e. The number of hydrogen-bond donors (Lipinski definition) is 1. The Kier molecular flexibility index (Phi) is 7.31. The van der Waals surface area contributed by atoms with Crippen LogP contribution in [-0.2, 0) is 4.74 Å². The molecule has 4 heteroatoms. The third kappa shape index (κ3) is 4.48. The van der Waals surface area contributed by atoms with Gasteiger partial charge in [-0.2, -0.15) is 5.26 Å². The van der Waals surface area contributed by atoms with E-state index in [-0.39, 0.29) is 6.10 Å². The first-order valence-electron chi connectivity index (χ1n) is 5.95. The van der Waals surface area contributed by atoms with Gasteiger partial charge < -0.3 is 9.64 Å². The van der Waals surface area contributed by atoms with Gasteiger partial charge in [0, 0.05) is 20.2 Å². The van der Waals surface area contributed by atoms with Crippen molar-refractivity contribution in [3.05, 3.63) is 0 Å². The average Bonchev–Trinajstić information content (AvgIpc) is 2.33. The SMILES string of the molecule is CCN(CC)CCNC(C)(C#N)C(C)OC.